The van der Waals surface area contributed by atoms with E-state index in [1.54, 1.807) is 11.2 Å². The van der Waals surface area contributed by atoms with Gasteiger partial charge in [0.2, 0.25) is 5.91 Å². The minimum atomic E-state index is -0.326. The third-order valence-corrected chi connectivity index (χ3v) is 9.85. The maximum Gasteiger partial charge on any atom is 0.409 e. The number of carbonyl (C=O) groups excluding carboxylic acids is 2. The van der Waals surface area contributed by atoms with E-state index in [2.05, 4.69) is 20.3 Å². The predicted octanol–water partition coefficient (Wildman–Crippen LogP) is 4.94. The molecular formula is C31H45ClN6O3. The van der Waals surface area contributed by atoms with Crippen LogP contribution in [0.3, 0.4) is 0 Å². The lowest BCUT2D eigenvalue weighted by atomic mass is 9.63. The molecule has 0 bridgehead atoms. The van der Waals surface area contributed by atoms with Gasteiger partial charge < -0.3 is 19.9 Å². The van der Waals surface area contributed by atoms with Crippen molar-refractivity contribution in [1.82, 2.24) is 29.9 Å². The average Bonchev–Trinajstić information content (AvgIpc) is 3.52. The van der Waals surface area contributed by atoms with Crippen LogP contribution in [0.4, 0.5) is 4.79 Å². The summed E-state index contributed by atoms with van der Waals surface area (Å²) in [5.74, 6) is 0.844. The van der Waals surface area contributed by atoms with Gasteiger partial charge in [-0.3, -0.25) is 9.48 Å². The number of nitrogens with zero attached hydrogens (tertiary/aromatic N) is 5. The Morgan fingerprint density at radius 1 is 1.02 bits per heavy atom. The van der Waals surface area contributed by atoms with Gasteiger partial charge in [-0.05, 0) is 80.9 Å². The fourth-order valence-electron chi connectivity index (χ4n) is 7.24. The summed E-state index contributed by atoms with van der Waals surface area (Å²) in [5.41, 5.74) is 1.24. The molecular weight excluding hydrogens is 540 g/mol. The van der Waals surface area contributed by atoms with E-state index < -0.39 is 0 Å². The van der Waals surface area contributed by atoms with Gasteiger partial charge in [0.05, 0.1) is 12.6 Å². The van der Waals surface area contributed by atoms with Crippen LogP contribution in [0.1, 0.15) is 70.3 Å². The lowest BCUT2D eigenvalue weighted by Gasteiger charge is -2.48. The van der Waals surface area contributed by atoms with Crippen LogP contribution in [0, 0.1) is 11.3 Å². The van der Waals surface area contributed by atoms with Gasteiger partial charge >= 0.3 is 6.09 Å². The first kappa shape index (κ1) is 29.8. The third kappa shape index (κ3) is 7.60. The first-order chi connectivity index (χ1) is 20.0. The molecule has 1 atom stereocenters. The zero-order valence-electron chi connectivity index (χ0n) is 24.3. The molecule has 1 aromatic heterocycles. The van der Waals surface area contributed by atoms with Crippen LogP contribution in [0.5, 0.6) is 0 Å². The number of carbonyl (C=O) groups is 2. The summed E-state index contributed by atoms with van der Waals surface area (Å²) in [6, 6.07) is 7.64. The lowest BCUT2D eigenvalue weighted by Crippen LogP contribution is -2.56. The number of benzene rings is 1. The number of ether oxygens (including phenoxy) is 1. The van der Waals surface area contributed by atoms with Crippen molar-refractivity contribution >= 4 is 23.6 Å². The maximum absolute atomic E-state index is 14.1. The highest BCUT2D eigenvalue weighted by molar-refractivity contribution is 6.30. The van der Waals surface area contributed by atoms with E-state index in [9.17, 15) is 9.59 Å². The van der Waals surface area contributed by atoms with Gasteiger partial charge in [0, 0.05) is 43.8 Å². The standard InChI is InChI=1S/C31H45ClN6O3/c1-2-41-30(40)37-16-12-27(13-17-37)35-28(20-24-8-10-26(32)11-9-24)29(39)36-18-14-31(15-19-36,21-38-23-33-22-34-38)25-6-4-3-5-7-25/h8-11,22-23,25,27-28,35H,2-7,12-21H2,1H3/t28-/m1/s1. The highest BCUT2D eigenvalue weighted by Crippen LogP contribution is 2.47. The van der Waals surface area contributed by atoms with Crippen molar-refractivity contribution in [2.24, 2.45) is 11.3 Å². The molecule has 1 aliphatic carbocycles. The van der Waals surface area contributed by atoms with Gasteiger partial charge in [-0.15, -0.1) is 0 Å². The normalized spacial score (nSPS) is 21.0. The number of piperidine rings is 2. The summed E-state index contributed by atoms with van der Waals surface area (Å²) in [6.45, 7) is 5.89. The van der Waals surface area contributed by atoms with E-state index >= 15 is 0 Å². The van der Waals surface area contributed by atoms with Crippen LogP contribution >= 0.6 is 11.6 Å². The maximum atomic E-state index is 14.1. The van der Waals surface area contributed by atoms with Crippen LogP contribution in [0.15, 0.2) is 36.9 Å². The minimum absolute atomic E-state index is 0.157. The zero-order chi connectivity index (χ0) is 28.7. The Morgan fingerprint density at radius 3 is 2.37 bits per heavy atom. The number of aromatic nitrogens is 3. The molecule has 0 radical (unpaired) electrons. The van der Waals surface area contributed by atoms with E-state index in [0.29, 0.717) is 37.1 Å². The molecule has 9 nitrogen and oxygen atoms in total. The number of amides is 2. The van der Waals surface area contributed by atoms with Gasteiger partial charge in [-0.2, -0.15) is 5.10 Å². The summed E-state index contributed by atoms with van der Waals surface area (Å²) in [5, 5.41) is 8.85. The second kappa shape index (κ2) is 14.0. The average molecular weight is 585 g/mol. The van der Waals surface area contributed by atoms with E-state index in [0.717, 1.165) is 50.9 Å². The van der Waals surface area contributed by atoms with Crippen molar-refractivity contribution in [3.63, 3.8) is 0 Å². The molecule has 41 heavy (non-hydrogen) atoms. The SMILES string of the molecule is CCOC(=O)N1CCC(N[C@H](Cc2ccc(Cl)cc2)C(=O)N2CCC(Cn3cncn3)(C3CCCCC3)CC2)CC1. The van der Waals surface area contributed by atoms with Crippen molar-refractivity contribution in [1.29, 1.82) is 0 Å². The van der Waals surface area contributed by atoms with E-state index in [1.807, 2.05) is 42.2 Å². The van der Waals surface area contributed by atoms with E-state index in [4.69, 9.17) is 16.3 Å². The first-order valence-corrected chi connectivity index (χ1v) is 15.9. The molecule has 3 heterocycles. The smallest absolute Gasteiger partial charge is 0.409 e. The monoisotopic (exact) mass is 584 g/mol. The molecule has 1 saturated carbocycles. The molecule has 0 unspecified atom stereocenters. The summed E-state index contributed by atoms with van der Waals surface area (Å²) >= 11 is 6.15. The summed E-state index contributed by atoms with van der Waals surface area (Å²) in [6.07, 6.45) is 13.9. The van der Waals surface area contributed by atoms with Gasteiger partial charge in [-0.25, -0.2) is 9.78 Å². The van der Waals surface area contributed by atoms with E-state index in [1.165, 1.54) is 32.1 Å². The number of hydrogen-bond donors (Lipinski definition) is 1. The fourth-order valence-corrected chi connectivity index (χ4v) is 7.37. The van der Waals surface area contributed by atoms with Crippen molar-refractivity contribution in [2.75, 3.05) is 32.8 Å². The molecule has 1 aromatic carbocycles. The second-order valence-corrected chi connectivity index (χ2v) is 12.6. The molecule has 2 saturated heterocycles. The first-order valence-electron chi connectivity index (χ1n) is 15.5. The van der Waals surface area contributed by atoms with Gasteiger partial charge in [0.25, 0.3) is 0 Å². The highest BCUT2D eigenvalue weighted by atomic mass is 35.5. The van der Waals surface area contributed by atoms with Gasteiger partial charge in [-0.1, -0.05) is 43.0 Å². The Balaban J connectivity index is 1.26. The van der Waals surface area contributed by atoms with Crippen LogP contribution in [-0.4, -0.2) is 81.4 Å². The van der Waals surface area contributed by atoms with Gasteiger partial charge in [0.1, 0.15) is 12.7 Å². The van der Waals surface area contributed by atoms with Crippen LogP contribution in [0.25, 0.3) is 0 Å². The van der Waals surface area contributed by atoms with Crippen molar-refractivity contribution in [2.45, 2.75) is 89.8 Å². The van der Waals surface area contributed by atoms with Crippen LogP contribution in [-0.2, 0) is 22.5 Å². The Morgan fingerprint density at radius 2 is 1.73 bits per heavy atom. The van der Waals surface area contributed by atoms with Crippen molar-refractivity contribution < 1.29 is 14.3 Å². The van der Waals surface area contributed by atoms with Crippen molar-refractivity contribution in [3.05, 3.63) is 47.5 Å². The molecule has 1 N–H and O–H groups in total. The second-order valence-electron chi connectivity index (χ2n) is 12.1. The predicted molar refractivity (Wildman–Crippen MR) is 159 cm³/mol. The molecule has 2 aliphatic heterocycles. The molecule has 5 rings (SSSR count). The number of hydrogen-bond acceptors (Lipinski definition) is 6. The summed E-state index contributed by atoms with van der Waals surface area (Å²) < 4.78 is 7.18. The van der Waals surface area contributed by atoms with E-state index in [-0.39, 0.29) is 29.5 Å². The fraction of sp³-hybridized carbons (Fsp3) is 0.677. The molecule has 10 heteroatoms. The van der Waals surface area contributed by atoms with Crippen molar-refractivity contribution in [3.8, 4) is 0 Å². The quantitative estimate of drug-likeness (QED) is 0.449. The molecule has 2 aromatic rings. The Hall–Kier alpha value is -2.65. The Bertz CT molecular complexity index is 1110. The molecule has 2 amide bonds. The largest absolute Gasteiger partial charge is 0.450 e. The molecule has 3 aliphatic rings. The van der Waals surface area contributed by atoms with Crippen LogP contribution < -0.4 is 5.32 Å². The number of nitrogens with one attached hydrogen (secondary N) is 1. The number of likely N-dealkylation sites (tertiary alicyclic amines) is 2. The lowest BCUT2D eigenvalue weighted by molar-refractivity contribution is -0.137. The summed E-state index contributed by atoms with van der Waals surface area (Å²) in [7, 11) is 0. The minimum Gasteiger partial charge on any atom is -0.450 e. The molecule has 224 valence electrons. The third-order valence-electron chi connectivity index (χ3n) is 9.59. The highest BCUT2D eigenvalue weighted by Gasteiger charge is 2.44. The summed E-state index contributed by atoms with van der Waals surface area (Å²) in [4.78, 5) is 34.4. The molecule has 3 fully saturated rings. The Labute approximate surface area is 249 Å². The zero-order valence-corrected chi connectivity index (χ0v) is 25.1. The van der Waals surface area contributed by atoms with Gasteiger partial charge in [0.15, 0.2) is 0 Å². The number of rotatable bonds is 9. The topological polar surface area (TPSA) is 92.6 Å². The van der Waals surface area contributed by atoms with Crippen LogP contribution in [0.2, 0.25) is 5.02 Å². The Kier molecular flexibility index (Phi) is 10.2. The number of halogens is 1. The molecule has 0 spiro atoms.